The van der Waals surface area contributed by atoms with E-state index in [1.165, 1.54) is 17.8 Å². The second-order valence-corrected chi connectivity index (χ2v) is 7.71. The van der Waals surface area contributed by atoms with Gasteiger partial charge in [0.2, 0.25) is 0 Å². The molecule has 1 atom stereocenters. The highest BCUT2D eigenvalue weighted by Crippen LogP contribution is 2.21. The van der Waals surface area contributed by atoms with Crippen molar-refractivity contribution in [2.24, 2.45) is 5.92 Å². The first-order valence-electron chi connectivity index (χ1n) is 7.85. The molecule has 1 amide bonds. The largest absolute Gasteiger partial charge is 0.380 e. The Labute approximate surface area is 145 Å². The molecule has 1 aliphatic rings. The lowest BCUT2D eigenvalue weighted by Crippen LogP contribution is -2.39. The van der Waals surface area contributed by atoms with E-state index in [0.29, 0.717) is 16.9 Å². The summed E-state index contributed by atoms with van der Waals surface area (Å²) in [6.45, 7) is 4.62. The van der Waals surface area contributed by atoms with Crippen molar-refractivity contribution in [2.45, 2.75) is 26.3 Å². The van der Waals surface area contributed by atoms with Crippen molar-refractivity contribution in [3.05, 3.63) is 45.4 Å². The first-order valence-corrected chi connectivity index (χ1v) is 9.04. The number of rotatable bonds is 4. The number of halogens is 1. The Hall–Kier alpha value is -1.59. The molecule has 1 aromatic heterocycles. The SMILES string of the molecule is CC1CCCN(C(=O)c2ccc(NCc3cnc(Cl)s3)cc2)C1. The molecule has 0 bridgehead atoms. The fourth-order valence-corrected chi connectivity index (χ4v) is 3.76. The minimum atomic E-state index is 0.136. The molecule has 1 saturated heterocycles. The van der Waals surface area contributed by atoms with Gasteiger partial charge in [0, 0.05) is 35.4 Å². The molecule has 0 saturated carbocycles. The number of piperidine rings is 1. The lowest BCUT2D eigenvalue weighted by molar-refractivity contribution is 0.0683. The quantitative estimate of drug-likeness (QED) is 0.896. The molecule has 2 heterocycles. The van der Waals surface area contributed by atoms with Gasteiger partial charge in [-0.15, -0.1) is 11.3 Å². The third-order valence-corrected chi connectivity index (χ3v) is 5.18. The van der Waals surface area contributed by atoms with E-state index in [9.17, 15) is 4.79 Å². The molecule has 4 nitrogen and oxygen atoms in total. The van der Waals surface area contributed by atoms with Crippen LogP contribution in [0.2, 0.25) is 4.47 Å². The van der Waals surface area contributed by atoms with Crippen molar-refractivity contribution >= 4 is 34.5 Å². The van der Waals surface area contributed by atoms with E-state index in [1.54, 1.807) is 6.20 Å². The second kappa shape index (κ2) is 7.32. The maximum absolute atomic E-state index is 12.5. The topological polar surface area (TPSA) is 45.2 Å². The summed E-state index contributed by atoms with van der Waals surface area (Å²) in [6.07, 6.45) is 4.09. The number of nitrogens with one attached hydrogen (secondary N) is 1. The lowest BCUT2D eigenvalue weighted by Gasteiger charge is -2.31. The number of benzene rings is 1. The van der Waals surface area contributed by atoms with E-state index >= 15 is 0 Å². The smallest absolute Gasteiger partial charge is 0.253 e. The monoisotopic (exact) mass is 349 g/mol. The van der Waals surface area contributed by atoms with Crippen molar-refractivity contribution in [2.75, 3.05) is 18.4 Å². The van der Waals surface area contributed by atoms with Gasteiger partial charge < -0.3 is 10.2 Å². The minimum absolute atomic E-state index is 0.136. The molecule has 0 radical (unpaired) electrons. The number of anilines is 1. The molecule has 1 fully saturated rings. The third kappa shape index (κ3) is 4.24. The van der Waals surface area contributed by atoms with Crippen molar-refractivity contribution < 1.29 is 4.79 Å². The first-order chi connectivity index (χ1) is 11.1. The fourth-order valence-electron chi connectivity index (χ4n) is 2.84. The summed E-state index contributed by atoms with van der Waals surface area (Å²) < 4.78 is 0.554. The fraction of sp³-hybridized carbons (Fsp3) is 0.412. The zero-order chi connectivity index (χ0) is 16.2. The van der Waals surface area contributed by atoms with Crippen LogP contribution in [0.15, 0.2) is 30.5 Å². The molecule has 0 spiro atoms. The van der Waals surface area contributed by atoms with E-state index in [0.717, 1.165) is 35.6 Å². The summed E-state index contributed by atoms with van der Waals surface area (Å²) in [4.78, 5) is 19.6. The van der Waals surface area contributed by atoms with Gasteiger partial charge in [0.25, 0.3) is 5.91 Å². The van der Waals surface area contributed by atoms with Gasteiger partial charge >= 0.3 is 0 Å². The number of likely N-dealkylation sites (tertiary alicyclic amines) is 1. The van der Waals surface area contributed by atoms with Crippen molar-refractivity contribution in [3.8, 4) is 0 Å². The Morgan fingerprint density at radius 2 is 2.22 bits per heavy atom. The Balaban J connectivity index is 1.59. The second-order valence-electron chi connectivity index (χ2n) is 6.01. The van der Waals surface area contributed by atoms with Gasteiger partial charge in [-0.05, 0) is 43.0 Å². The number of carbonyl (C=O) groups excluding carboxylic acids is 1. The van der Waals surface area contributed by atoms with Gasteiger partial charge in [-0.2, -0.15) is 0 Å². The number of hydrogen-bond acceptors (Lipinski definition) is 4. The maximum Gasteiger partial charge on any atom is 0.253 e. The molecule has 0 aliphatic carbocycles. The van der Waals surface area contributed by atoms with E-state index in [4.69, 9.17) is 11.6 Å². The highest BCUT2D eigenvalue weighted by Gasteiger charge is 2.21. The Morgan fingerprint density at radius 3 is 2.87 bits per heavy atom. The van der Waals surface area contributed by atoms with E-state index in [2.05, 4.69) is 17.2 Å². The Kier molecular flexibility index (Phi) is 5.18. The predicted molar refractivity (Wildman–Crippen MR) is 95.2 cm³/mol. The highest BCUT2D eigenvalue weighted by atomic mass is 35.5. The first kappa shape index (κ1) is 16.3. The van der Waals surface area contributed by atoms with Crippen LogP contribution in [-0.4, -0.2) is 28.9 Å². The minimum Gasteiger partial charge on any atom is -0.380 e. The van der Waals surface area contributed by atoms with Gasteiger partial charge in [-0.1, -0.05) is 18.5 Å². The molecule has 2 aromatic rings. The number of amides is 1. The normalized spacial score (nSPS) is 18.0. The molecule has 1 aromatic carbocycles. The Bertz CT molecular complexity index is 671. The van der Waals surface area contributed by atoms with Gasteiger partial charge in [-0.3, -0.25) is 4.79 Å². The summed E-state index contributed by atoms with van der Waals surface area (Å²) in [6, 6.07) is 7.68. The van der Waals surface area contributed by atoms with Crippen LogP contribution in [-0.2, 0) is 6.54 Å². The number of nitrogens with zero attached hydrogens (tertiary/aromatic N) is 2. The zero-order valence-corrected chi connectivity index (χ0v) is 14.7. The summed E-state index contributed by atoms with van der Waals surface area (Å²) in [7, 11) is 0. The predicted octanol–water partition coefficient (Wildman–Crippen LogP) is 4.28. The van der Waals surface area contributed by atoms with Crippen molar-refractivity contribution in [1.29, 1.82) is 0 Å². The molecule has 122 valence electrons. The molecule has 23 heavy (non-hydrogen) atoms. The van der Waals surface area contributed by atoms with E-state index in [1.807, 2.05) is 29.2 Å². The average Bonchev–Trinajstić information content (AvgIpc) is 2.98. The third-order valence-electron chi connectivity index (χ3n) is 4.07. The number of hydrogen-bond donors (Lipinski definition) is 1. The van der Waals surface area contributed by atoms with E-state index < -0.39 is 0 Å². The maximum atomic E-state index is 12.5. The van der Waals surface area contributed by atoms with Crippen LogP contribution < -0.4 is 5.32 Å². The molecule has 6 heteroatoms. The van der Waals surface area contributed by atoms with Crippen molar-refractivity contribution in [3.63, 3.8) is 0 Å². The molecule has 1 N–H and O–H groups in total. The zero-order valence-electron chi connectivity index (χ0n) is 13.1. The summed E-state index contributed by atoms with van der Waals surface area (Å²) >= 11 is 7.28. The van der Waals surface area contributed by atoms with Crippen LogP contribution in [0.1, 0.15) is 35.0 Å². The molecular weight excluding hydrogens is 330 g/mol. The summed E-state index contributed by atoms with van der Waals surface area (Å²) in [5, 5.41) is 3.31. The summed E-state index contributed by atoms with van der Waals surface area (Å²) in [5.41, 5.74) is 1.74. The van der Waals surface area contributed by atoms with Gasteiger partial charge in [0.1, 0.15) is 0 Å². The number of thiazole rings is 1. The van der Waals surface area contributed by atoms with Crippen molar-refractivity contribution in [1.82, 2.24) is 9.88 Å². The Morgan fingerprint density at radius 1 is 1.43 bits per heavy atom. The highest BCUT2D eigenvalue weighted by molar-refractivity contribution is 7.15. The van der Waals surface area contributed by atoms with Crippen LogP contribution in [0.3, 0.4) is 0 Å². The van der Waals surface area contributed by atoms with Crippen LogP contribution in [0.25, 0.3) is 0 Å². The molecule has 3 rings (SSSR count). The van der Waals surface area contributed by atoms with Crippen LogP contribution in [0, 0.1) is 5.92 Å². The number of aromatic nitrogens is 1. The van der Waals surface area contributed by atoms with Crippen LogP contribution >= 0.6 is 22.9 Å². The number of carbonyl (C=O) groups is 1. The molecular formula is C17H20ClN3OS. The van der Waals surface area contributed by atoms with Gasteiger partial charge in [0.05, 0.1) is 6.54 Å². The van der Waals surface area contributed by atoms with Crippen LogP contribution in [0.4, 0.5) is 5.69 Å². The standard InChI is InChI=1S/C17H20ClN3OS/c1-12-3-2-8-21(11-12)16(22)13-4-6-14(7-5-13)19-9-15-10-20-17(18)23-15/h4-7,10,12,19H,2-3,8-9,11H2,1H3. The summed E-state index contributed by atoms with van der Waals surface area (Å²) in [5.74, 6) is 0.734. The van der Waals surface area contributed by atoms with Crippen LogP contribution in [0.5, 0.6) is 0 Å². The molecule has 1 aliphatic heterocycles. The van der Waals surface area contributed by atoms with E-state index in [-0.39, 0.29) is 5.91 Å². The average molecular weight is 350 g/mol. The van der Waals surface area contributed by atoms with Gasteiger partial charge in [-0.25, -0.2) is 4.98 Å². The molecule has 1 unspecified atom stereocenters. The van der Waals surface area contributed by atoms with Gasteiger partial charge in [0.15, 0.2) is 4.47 Å². The lowest BCUT2D eigenvalue weighted by atomic mass is 9.99.